The van der Waals surface area contributed by atoms with Crippen molar-refractivity contribution in [1.29, 1.82) is 0 Å². The first-order valence-electron chi connectivity index (χ1n) is 9.14. The lowest BCUT2D eigenvalue weighted by molar-refractivity contribution is 0.267. The molecule has 154 valence electrons. The largest absolute Gasteiger partial charge is 0.493 e. The number of likely N-dealkylation sites (N-methyl/N-ethyl adjacent to an activating group) is 1. The van der Waals surface area contributed by atoms with Crippen LogP contribution in [-0.4, -0.2) is 64.9 Å². The van der Waals surface area contributed by atoms with E-state index in [9.17, 15) is 0 Å². The minimum Gasteiger partial charge on any atom is -0.493 e. The van der Waals surface area contributed by atoms with Crippen molar-refractivity contribution in [2.45, 2.75) is 32.4 Å². The van der Waals surface area contributed by atoms with Crippen LogP contribution in [0.3, 0.4) is 0 Å². The van der Waals surface area contributed by atoms with Crippen molar-refractivity contribution in [3.63, 3.8) is 0 Å². The number of hydrogen-bond donors (Lipinski definition) is 2. The number of rotatable bonds is 8. The highest BCUT2D eigenvalue weighted by Crippen LogP contribution is 2.38. The second-order valence-electron chi connectivity index (χ2n) is 6.26. The first-order chi connectivity index (χ1) is 12.7. The fraction of sp³-hybridized carbons (Fsp3) is 0.632. The van der Waals surface area contributed by atoms with Gasteiger partial charge >= 0.3 is 0 Å². The Kier molecular flexibility index (Phi) is 10.6. The second-order valence-corrected chi connectivity index (χ2v) is 6.26. The van der Waals surface area contributed by atoms with Gasteiger partial charge < -0.3 is 24.8 Å². The van der Waals surface area contributed by atoms with Crippen molar-refractivity contribution in [2.75, 3.05) is 48.0 Å². The number of guanidine groups is 1. The van der Waals surface area contributed by atoms with E-state index in [0.29, 0.717) is 29.8 Å². The fourth-order valence-corrected chi connectivity index (χ4v) is 3.40. The Morgan fingerprint density at radius 1 is 1.15 bits per heavy atom. The molecule has 2 N–H and O–H groups in total. The summed E-state index contributed by atoms with van der Waals surface area (Å²) in [5.41, 5.74) is 1.03. The molecular formula is C19H33IN4O3. The van der Waals surface area contributed by atoms with Crippen LogP contribution < -0.4 is 24.8 Å². The number of hydrogen-bond acceptors (Lipinski definition) is 5. The number of benzene rings is 1. The molecule has 2 rings (SSSR count). The third-order valence-corrected chi connectivity index (χ3v) is 4.82. The number of methoxy groups -OCH3 is 3. The first-order valence-corrected chi connectivity index (χ1v) is 9.14. The zero-order chi connectivity index (χ0) is 18.9. The highest BCUT2D eigenvalue weighted by atomic mass is 127. The van der Waals surface area contributed by atoms with E-state index in [2.05, 4.69) is 27.4 Å². The maximum Gasteiger partial charge on any atom is 0.203 e. The summed E-state index contributed by atoms with van der Waals surface area (Å²) in [4.78, 5) is 6.84. The Morgan fingerprint density at radius 3 is 2.33 bits per heavy atom. The van der Waals surface area contributed by atoms with Crippen molar-refractivity contribution in [2.24, 2.45) is 4.99 Å². The van der Waals surface area contributed by atoms with Crippen molar-refractivity contribution in [3.05, 3.63) is 17.7 Å². The quantitative estimate of drug-likeness (QED) is 0.330. The molecule has 0 spiro atoms. The zero-order valence-corrected chi connectivity index (χ0v) is 19.3. The van der Waals surface area contributed by atoms with E-state index in [0.717, 1.165) is 24.6 Å². The molecule has 1 unspecified atom stereocenters. The predicted molar refractivity (Wildman–Crippen MR) is 120 cm³/mol. The molecule has 8 heteroatoms. The summed E-state index contributed by atoms with van der Waals surface area (Å²) in [6, 6.07) is 4.47. The van der Waals surface area contributed by atoms with Gasteiger partial charge in [-0.15, -0.1) is 24.0 Å². The Bertz CT molecular complexity index is 588. The number of halogens is 1. The lowest BCUT2D eigenvalue weighted by atomic mass is 10.2. The highest BCUT2D eigenvalue weighted by molar-refractivity contribution is 14.0. The number of likely N-dealkylation sites (tertiary alicyclic amines) is 1. The van der Waals surface area contributed by atoms with E-state index in [1.165, 1.54) is 19.4 Å². The lowest BCUT2D eigenvalue weighted by Crippen LogP contribution is -2.44. The van der Waals surface area contributed by atoms with Crippen molar-refractivity contribution < 1.29 is 14.2 Å². The molecule has 1 aliphatic heterocycles. The Hall–Kier alpha value is -1.42. The van der Waals surface area contributed by atoms with Gasteiger partial charge in [-0.1, -0.05) is 6.92 Å². The molecule has 0 amide bonds. The fourth-order valence-electron chi connectivity index (χ4n) is 3.40. The van der Waals surface area contributed by atoms with Crippen LogP contribution >= 0.6 is 24.0 Å². The average molecular weight is 492 g/mol. The van der Waals surface area contributed by atoms with Gasteiger partial charge in [0.1, 0.15) is 0 Å². The maximum atomic E-state index is 5.41. The van der Waals surface area contributed by atoms with E-state index >= 15 is 0 Å². The van der Waals surface area contributed by atoms with E-state index in [1.54, 1.807) is 28.4 Å². The van der Waals surface area contributed by atoms with Crippen molar-refractivity contribution >= 4 is 29.9 Å². The molecular weight excluding hydrogens is 459 g/mol. The molecule has 0 bridgehead atoms. The standard InChI is InChI=1S/C19H32N4O3.HI/c1-6-23-9-7-8-15(23)13-22-19(20-2)21-12-14-10-16(24-3)18(26-5)17(11-14)25-4;/h10-11,15H,6-9,12-13H2,1-5H3,(H2,20,21,22);1H. The molecule has 1 saturated heterocycles. The third-order valence-electron chi connectivity index (χ3n) is 4.82. The van der Waals surface area contributed by atoms with E-state index in [1.807, 2.05) is 12.1 Å². The Morgan fingerprint density at radius 2 is 1.81 bits per heavy atom. The SMILES string of the molecule is CCN1CCCC1CNC(=NC)NCc1cc(OC)c(OC)c(OC)c1.I. The topological polar surface area (TPSA) is 67.4 Å². The summed E-state index contributed by atoms with van der Waals surface area (Å²) < 4.78 is 16.2. The number of nitrogens with one attached hydrogen (secondary N) is 2. The molecule has 0 radical (unpaired) electrons. The number of nitrogens with zero attached hydrogens (tertiary/aromatic N) is 2. The average Bonchev–Trinajstić information content (AvgIpc) is 3.14. The molecule has 1 aromatic carbocycles. The van der Waals surface area contributed by atoms with Gasteiger partial charge in [0.2, 0.25) is 5.75 Å². The molecule has 0 aliphatic carbocycles. The minimum absolute atomic E-state index is 0. The van der Waals surface area contributed by atoms with Crippen LogP contribution in [0.1, 0.15) is 25.3 Å². The highest BCUT2D eigenvalue weighted by Gasteiger charge is 2.22. The second kappa shape index (κ2) is 12.1. The molecule has 27 heavy (non-hydrogen) atoms. The lowest BCUT2D eigenvalue weighted by Gasteiger charge is -2.24. The summed E-state index contributed by atoms with van der Waals surface area (Å²) in [7, 11) is 6.63. The minimum atomic E-state index is 0. The van der Waals surface area contributed by atoms with E-state index in [-0.39, 0.29) is 24.0 Å². The maximum absolute atomic E-state index is 5.41. The van der Waals surface area contributed by atoms with Gasteiger partial charge in [0.25, 0.3) is 0 Å². The number of aliphatic imine (C=N–C) groups is 1. The van der Waals surface area contributed by atoms with Gasteiger partial charge in [-0.05, 0) is 43.6 Å². The monoisotopic (exact) mass is 492 g/mol. The van der Waals surface area contributed by atoms with Crippen LogP contribution in [0, 0.1) is 0 Å². The van der Waals surface area contributed by atoms with Crippen molar-refractivity contribution in [1.82, 2.24) is 15.5 Å². The summed E-state index contributed by atoms with van der Waals surface area (Å²) in [6.45, 7) is 6.03. The molecule has 1 atom stereocenters. The molecule has 1 fully saturated rings. The van der Waals surface area contributed by atoms with Crippen LogP contribution in [-0.2, 0) is 6.54 Å². The normalized spacial score (nSPS) is 17.2. The summed E-state index contributed by atoms with van der Waals surface area (Å²) >= 11 is 0. The van der Waals surface area contributed by atoms with Gasteiger partial charge in [0.05, 0.1) is 21.3 Å². The third kappa shape index (κ3) is 6.31. The molecule has 0 saturated carbocycles. The molecule has 1 aliphatic rings. The van der Waals surface area contributed by atoms with E-state index in [4.69, 9.17) is 14.2 Å². The summed E-state index contributed by atoms with van der Waals surface area (Å²) in [6.07, 6.45) is 2.52. The van der Waals surface area contributed by atoms with Gasteiger partial charge in [-0.25, -0.2) is 0 Å². The first kappa shape index (κ1) is 23.6. The predicted octanol–water partition coefficient (Wildman–Crippen LogP) is 2.48. The molecule has 7 nitrogen and oxygen atoms in total. The molecule has 1 aromatic rings. The van der Waals surface area contributed by atoms with Gasteiger partial charge in [0, 0.05) is 26.2 Å². The van der Waals surface area contributed by atoms with Gasteiger partial charge in [-0.2, -0.15) is 0 Å². The van der Waals surface area contributed by atoms with E-state index < -0.39 is 0 Å². The Labute approximate surface area is 179 Å². The smallest absolute Gasteiger partial charge is 0.203 e. The summed E-state index contributed by atoms with van der Waals surface area (Å²) in [5, 5.41) is 6.79. The van der Waals surface area contributed by atoms with Crippen LogP contribution in [0.15, 0.2) is 17.1 Å². The summed E-state index contributed by atoms with van der Waals surface area (Å²) in [5.74, 6) is 2.69. The zero-order valence-electron chi connectivity index (χ0n) is 17.0. The number of ether oxygens (including phenoxy) is 3. The van der Waals surface area contributed by atoms with Crippen molar-refractivity contribution in [3.8, 4) is 17.2 Å². The van der Waals surface area contributed by atoms with Gasteiger partial charge in [-0.3, -0.25) is 9.89 Å². The van der Waals surface area contributed by atoms with Crippen LogP contribution in [0.5, 0.6) is 17.2 Å². The van der Waals surface area contributed by atoms with Crippen LogP contribution in [0.2, 0.25) is 0 Å². The van der Waals surface area contributed by atoms with Gasteiger partial charge in [0.15, 0.2) is 17.5 Å². The van der Waals surface area contributed by atoms with Crippen LogP contribution in [0.25, 0.3) is 0 Å². The molecule has 1 heterocycles. The molecule has 0 aromatic heterocycles. The Balaban J connectivity index is 0.00000364. The van der Waals surface area contributed by atoms with Crippen LogP contribution in [0.4, 0.5) is 0 Å².